The van der Waals surface area contributed by atoms with E-state index in [1.807, 2.05) is 32.0 Å². The average molecular weight is 386 g/mol. The summed E-state index contributed by atoms with van der Waals surface area (Å²) in [6.07, 6.45) is 0. The number of anilines is 2. The van der Waals surface area contributed by atoms with Gasteiger partial charge in [0.25, 0.3) is 0 Å². The van der Waals surface area contributed by atoms with E-state index in [4.69, 9.17) is 0 Å². The Bertz CT molecular complexity index is 752. The molecule has 1 aliphatic rings. The average Bonchev–Trinajstić information content (AvgIpc) is 2.66. The summed E-state index contributed by atoms with van der Waals surface area (Å²) in [6, 6.07) is 10.0. The van der Waals surface area contributed by atoms with Gasteiger partial charge in [-0.3, -0.25) is 4.79 Å². The Morgan fingerprint density at radius 3 is 2.30 bits per heavy atom. The van der Waals surface area contributed by atoms with Gasteiger partial charge in [-0.05, 0) is 50.7 Å². The molecule has 0 radical (unpaired) electrons. The van der Waals surface area contributed by atoms with Crippen LogP contribution in [0, 0.1) is 13.8 Å². The minimum Gasteiger partial charge on any atom is -0.369 e. The fourth-order valence-corrected chi connectivity index (χ4v) is 3.91. The van der Waals surface area contributed by atoms with Crippen molar-refractivity contribution < 1.29 is 4.79 Å². The molecule has 0 unspecified atom stereocenters. The minimum absolute atomic E-state index is 0.0490. The molecule has 144 valence electrons. The second-order valence-corrected chi connectivity index (χ2v) is 7.68. The Kier molecular flexibility index (Phi) is 6.68. The van der Waals surface area contributed by atoms with E-state index < -0.39 is 0 Å². The van der Waals surface area contributed by atoms with Crippen molar-refractivity contribution in [3.8, 4) is 0 Å². The van der Waals surface area contributed by atoms with Crippen LogP contribution >= 0.6 is 11.8 Å². The van der Waals surface area contributed by atoms with E-state index in [1.54, 1.807) is 0 Å². The molecule has 0 saturated carbocycles. The predicted octanol–water partition coefficient (Wildman–Crippen LogP) is 2.97. The third kappa shape index (κ3) is 5.68. The largest absolute Gasteiger partial charge is 0.369 e. The number of rotatable bonds is 6. The molecule has 6 nitrogen and oxygen atoms in total. The molecule has 0 atom stereocenters. The van der Waals surface area contributed by atoms with Gasteiger partial charge < -0.3 is 15.1 Å². The van der Waals surface area contributed by atoms with Crippen molar-refractivity contribution in [3.05, 3.63) is 41.7 Å². The first-order valence-electron chi connectivity index (χ1n) is 9.36. The number of nitrogens with zero attached hydrogens (tertiary/aromatic N) is 4. The van der Waals surface area contributed by atoms with Gasteiger partial charge in [0.05, 0.1) is 5.75 Å². The third-order valence-corrected chi connectivity index (χ3v) is 5.48. The Labute approximate surface area is 165 Å². The van der Waals surface area contributed by atoms with Crippen molar-refractivity contribution in [2.45, 2.75) is 25.9 Å². The van der Waals surface area contributed by atoms with Crippen molar-refractivity contribution in [1.82, 2.24) is 14.9 Å². The van der Waals surface area contributed by atoms with E-state index in [9.17, 15) is 4.79 Å². The number of amides is 1. The molecule has 1 aromatic carbocycles. The molecule has 2 aromatic rings. The van der Waals surface area contributed by atoms with E-state index >= 15 is 0 Å². The fourth-order valence-electron chi connectivity index (χ4n) is 3.16. The number of benzene rings is 1. The summed E-state index contributed by atoms with van der Waals surface area (Å²) >= 11 is 1.36. The Hall–Kier alpha value is -2.12. The van der Waals surface area contributed by atoms with E-state index in [1.165, 1.54) is 17.4 Å². The molecule has 1 N–H and O–H groups in total. The summed E-state index contributed by atoms with van der Waals surface area (Å²) in [5, 5.41) is 3.59. The second-order valence-electron chi connectivity index (χ2n) is 6.74. The summed E-state index contributed by atoms with van der Waals surface area (Å²) in [5.41, 5.74) is 3.86. The molecular weight excluding hydrogens is 358 g/mol. The van der Waals surface area contributed by atoms with Crippen LogP contribution in [0.5, 0.6) is 0 Å². The van der Waals surface area contributed by atoms with Gasteiger partial charge in [0, 0.05) is 48.9 Å². The van der Waals surface area contributed by atoms with E-state index in [0.717, 1.165) is 49.8 Å². The first-order valence-corrected chi connectivity index (χ1v) is 10.3. The fraction of sp³-hybridized carbons (Fsp3) is 0.450. The second kappa shape index (κ2) is 9.19. The molecule has 1 aliphatic heterocycles. The van der Waals surface area contributed by atoms with E-state index in [-0.39, 0.29) is 5.91 Å². The number of piperazine rings is 1. The Morgan fingerprint density at radius 1 is 1.07 bits per heavy atom. The van der Waals surface area contributed by atoms with Crippen molar-refractivity contribution in [3.63, 3.8) is 0 Å². The van der Waals surface area contributed by atoms with Crippen LogP contribution in [0.25, 0.3) is 0 Å². The van der Waals surface area contributed by atoms with Crippen LogP contribution in [0.3, 0.4) is 0 Å². The Morgan fingerprint density at radius 2 is 1.70 bits per heavy atom. The number of hydrogen-bond acceptors (Lipinski definition) is 6. The number of carbonyl (C=O) groups excluding carboxylic acids is 1. The molecule has 0 bridgehead atoms. The number of likely N-dealkylation sites (N-methyl/N-ethyl adjacent to an activating group) is 1. The number of aromatic nitrogens is 2. The maximum absolute atomic E-state index is 12.2. The van der Waals surface area contributed by atoms with Crippen molar-refractivity contribution in [1.29, 1.82) is 0 Å². The molecule has 1 saturated heterocycles. The summed E-state index contributed by atoms with van der Waals surface area (Å²) in [4.78, 5) is 25.8. The zero-order valence-electron chi connectivity index (χ0n) is 16.2. The van der Waals surface area contributed by atoms with E-state index in [2.05, 4.69) is 44.1 Å². The highest BCUT2D eigenvalue weighted by atomic mass is 32.2. The number of thioether (sulfide) groups is 1. The minimum atomic E-state index is -0.0490. The molecular formula is C20H27N5OS. The molecule has 3 rings (SSSR count). The highest BCUT2D eigenvalue weighted by Gasteiger charge is 2.15. The zero-order chi connectivity index (χ0) is 19.2. The highest BCUT2D eigenvalue weighted by Crippen LogP contribution is 2.20. The topological polar surface area (TPSA) is 61.4 Å². The summed E-state index contributed by atoms with van der Waals surface area (Å²) in [5.74, 6) is 0.246. The predicted molar refractivity (Wildman–Crippen MR) is 112 cm³/mol. The Balaban J connectivity index is 1.49. The highest BCUT2D eigenvalue weighted by molar-refractivity contribution is 7.99. The summed E-state index contributed by atoms with van der Waals surface area (Å²) < 4.78 is 0. The molecule has 7 heteroatoms. The lowest BCUT2D eigenvalue weighted by Gasteiger charge is -2.35. The van der Waals surface area contributed by atoms with Crippen LogP contribution in [-0.4, -0.2) is 59.3 Å². The molecule has 0 aliphatic carbocycles. The van der Waals surface area contributed by atoms with Gasteiger partial charge in [0.1, 0.15) is 0 Å². The first kappa shape index (κ1) is 19.6. The molecule has 1 fully saturated rings. The van der Waals surface area contributed by atoms with Crippen molar-refractivity contribution in [2.24, 2.45) is 0 Å². The normalized spacial score (nSPS) is 15.0. The molecule has 0 spiro atoms. The van der Waals surface area contributed by atoms with Gasteiger partial charge >= 0.3 is 0 Å². The van der Waals surface area contributed by atoms with Crippen LogP contribution in [-0.2, 0) is 4.79 Å². The van der Waals surface area contributed by atoms with Crippen LogP contribution in [0.15, 0.2) is 35.5 Å². The third-order valence-electron chi connectivity index (χ3n) is 4.63. The molecule has 1 amide bonds. The van der Waals surface area contributed by atoms with Crippen LogP contribution in [0.4, 0.5) is 11.4 Å². The summed E-state index contributed by atoms with van der Waals surface area (Å²) in [7, 11) is 0. The quantitative estimate of drug-likeness (QED) is 0.609. The van der Waals surface area contributed by atoms with Crippen molar-refractivity contribution in [2.75, 3.05) is 48.7 Å². The van der Waals surface area contributed by atoms with Crippen molar-refractivity contribution >= 4 is 29.0 Å². The summed E-state index contributed by atoms with van der Waals surface area (Å²) in [6.45, 7) is 11.5. The molecule has 2 heterocycles. The lowest BCUT2D eigenvalue weighted by atomic mass is 10.2. The van der Waals surface area contributed by atoms with Crippen LogP contribution < -0.4 is 10.2 Å². The maximum Gasteiger partial charge on any atom is 0.234 e. The van der Waals surface area contributed by atoms with Gasteiger partial charge in [-0.2, -0.15) is 0 Å². The van der Waals surface area contributed by atoms with Gasteiger partial charge in [-0.15, -0.1) is 0 Å². The number of aryl methyl sites for hydroxylation is 2. The molecule has 27 heavy (non-hydrogen) atoms. The maximum atomic E-state index is 12.2. The zero-order valence-corrected chi connectivity index (χ0v) is 17.1. The standard InChI is InChI=1S/C20H27N5OS/c1-4-24-9-11-25(12-10-24)18-7-5-17(6-8-18)23-19(26)14-27-20-21-15(2)13-16(3)22-20/h5-8,13H,4,9-12,14H2,1-3H3,(H,23,26). The lowest BCUT2D eigenvalue weighted by molar-refractivity contribution is -0.113. The van der Waals surface area contributed by atoms with Crippen LogP contribution in [0.1, 0.15) is 18.3 Å². The van der Waals surface area contributed by atoms with Crippen LogP contribution in [0.2, 0.25) is 0 Å². The smallest absolute Gasteiger partial charge is 0.234 e. The van der Waals surface area contributed by atoms with Gasteiger partial charge in [0.15, 0.2) is 5.16 Å². The van der Waals surface area contributed by atoms with Gasteiger partial charge in [0.2, 0.25) is 5.91 Å². The SMILES string of the molecule is CCN1CCN(c2ccc(NC(=O)CSc3nc(C)cc(C)n3)cc2)CC1. The van der Waals surface area contributed by atoms with Gasteiger partial charge in [-0.25, -0.2) is 9.97 Å². The van der Waals surface area contributed by atoms with E-state index in [0.29, 0.717) is 10.9 Å². The number of carbonyl (C=O) groups is 1. The number of hydrogen-bond donors (Lipinski definition) is 1. The molecule has 1 aromatic heterocycles. The monoisotopic (exact) mass is 385 g/mol. The first-order chi connectivity index (χ1) is 13.0. The van der Waals surface area contributed by atoms with Gasteiger partial charge in [-0.1, -0.05) is 18.7 Å². The lowest BCUT2D eigenvalue weighted by Crippen LogP contribution is -2.46. The number of nitrogens with one attached hydrogen (secondary N) is 1.